The number of esters is 1. The molecule has 106 valence electrons. The normalized spacial score (nSPS) is 13.8. The van der Waals surface area contributed by atoms with Crippen molar-refractivity contribution in [3.8, 4) is 0 Å². The molecule has 1 heterocycles. The average Bonchev–Trinajstić information content (AvgIpc) is 2.71. The van der Waals surface area contributed by atoms with Gasteiger partial charge in [0.25, 0.3) is 0 Å². The van der Waals surface area contributed by atoms with Crippen LogP contribution in [-0.2, 0) is 27.8 Å². The second kappa shape index (κ2) is 6.92. The number of aryl methyl sites for hydroxylation is 1. The van der Waals surface area contributed by atoms with Crippen LogP contribution in [0.3, 0.4) is 0 Å². The van der Waals surface area contributed by atoms with Crippen molar-refractivity contribution in [1.29, 1.82) is 0 Å². The SMILES string of the molecule is CC[C@H](C(=O)O)[C@H](COC(C)=O)Cc1cn(C)cn1. The molecule has 0 aliphatic heterocycles. The minimum absolute atomic E-state index is 0.108. The van der Waals surface area contributed by atoms with E-state index in [1.165, 1.54) is 6.92 Å². The predicted octanol–water partition coefficient (Wildman–Crippen LogP) is 1.25. The molecule has 0 spiro atoms. The molecule has 6 heteroatoms. The van der Waals surface area contributed by atoms with E-state index in [2.05, 4.69) is 4.98 Å². The molecule has 1 N–H and O–H groups in total. The van der Waals surface area contributed by atoms with Gasteiger partial charge in [-0.25, -0.2) is 4.98 Å². The standard InChI is InChI=1S/C13H20N2O4/c1-4-12(13(17)18)10(7-19-9(2)16)5-11-6-15(3)8-14-11/h6,8,10,12H,4-5,7H2,1-3H3,(H,17,18)/t10-,12-/m0/s1. The summed E-state index contributed by atoms with van der Waals surface area (Å²) in [7, 11) is 1.85. The molecule has 0 saturated heterocycles. The molecule has 0 unspecified atom stereocenters. The first-order valence-corrected chi connectivity index (χ1v) is 6.27. The summed E-state index contributed by atoms with van der Waals surface area (Å²) in [6, 6.07) is 0. The molecule has 0 aromatic carbocycles. The number of carboxylic acid groups (broad SMARTS) is 1. The fourth-order valence-corrected chi connectivity index (χ4v) is 2.09. The number of carbonyl (C=O) groups is 2. The number of imidazole rings is 1. The van der Waals surface area contributed by atoms with Crippen molar-refractivity contribution in [1.82, 2.24) is 9.55 Å². The highest BCUT2D eigenvalue weighted by atomic mass is 16.5. The topological polar surface area (TPSA) is 81.4 Å². The van der Waals surface area contributed by atoms with Crippen molar-refractivity contribution in [2.75, 3.05) is 6.61 Å². The summed E-state index contributed by atoms with van der Waals surface area (Å²) >= 11 is 0. The number of ether oxygens (including phenoxy) is 1. The van der Waals surface area contributed by atoms with Gasteiger partial charge >= 0.3 is 11.9 Å². The van der Waals surface area contributed by atoms with Gasteiger partial charge in [0.2, 0.25) is 0 Å². The summed E-state index contributed by atoms with van der Waals surface area (Å²) in [6.07, 6.45) is 4.49. The first-order valence-electron chi connectivity index (χ1n) is 6.27. The summed E-state index contributed by atoms with van der Waals surface area (Å²) in [6.45, 7) is 3.24. The zero-order valence-electron chi connectivity index (χ0n) is 11.5. The summed E-state index contributed by atoms with van der Waals surface area (Å²) in [5.41, 5.74) is 0.805. The molecule has 6 nitrogen and oxygen atoms in total. The highest BCUT2D eigenvalue weighted by molar-refractivity contribution is 5.70. The van der Waals surface area contributed by atoms with Crippen LogP contribution in [0.5, 0.6) is 0 Å². The highest BCUT2D eigenvalue weighted by Gasteiger charge is 2.28. The first kappa shape index (κ1) is 15.2. The molecule has 0 bridgehead atoms. The van der Waals surface area contributed by atoms with Crippen LogP contribution in [0.15, 0.2) is 12.5 Å². The quantitative estimate of drug-likeness (QED) is 0.753. The average molecular weight is 268 g/mol. The Bertz CT molecular complexity index is 442. The van der Waals surface area contributed by atoms with Crippen molar-refractivity contribution in [2.24, 2.45) is 18.9 Å². The highest BCUT2D eigenvalue weighted by Crippen LogP contribution is 2.21. The van der Waals surface area contributed by atoms with Gasteiger partial charge in [-0.15, -0.1) is 0 Å². The Hall–Kier alpha value is -1.85. The largest absolute Gasteiger partial charge is 0.481 e. The number of aliphatic carboxylic acids is 1. The van der Waals surface area contributed by atoms with Gasteiger partial charge in [-0.3, -0.25) is 9.59 Å². The molecule has 1 aromatic rings. The summed E-state index contributed by atoms with van der Waals surface area (Å²) in [4.78, 5) is 26.3. The minimum atomic E-state index is -0.865. The number of hydrogen-bond donors (Lipinski definition) is 1. The predicted molar refractivity (Wildman–Crippen MR) is 68.5 cm³/mol. The van der Waals surface area contributed by atoms with E-state index >= 15 is 0 Å². The minimum Gasteiger partial charge on any atom is -0.481 e. The van der Waals surface area contributed by atoms with E-state index in [0.717, 1.165) is 5.69 Å². The monoisotopic (exact) mass is 268 g/mol. The Balaban J connectivity index is 2.78. The molecule has 1 rings (SSSR count). The Morgan fingerprint density at radius 2 is 2.21 bits per heavy atom. The van der Waals surface area contributed by atoms with Gasteiger partial charge in [-0.05, 0) is 12.8 Å². The summed E-state index contributed by atoms with van der Waals surface area (Å²) in [5.74, 6) is -2.07. The molecule has 0 aliphatic rings. The fraction of sp³-hybridized carbons (Fsp3) is 0.615. The van der Waals surface area contributed by atoms with Crippen LogP contribution in [0, 0.1) is 11.8 Å². The zero-order chi connectivity index (χ0) is 14.4. The van der Waals surface area contributed by atoms with E-state index in [4.69, 9.17) is 4.74 Å². The summed E-state index contributed by atoms with van der Waals surface area (Å²) in [5, 5.41) is 9.23. The van der Waals surface area contributed by atoms with Crippen LogP contribution in [0.2, 0.25) is 0 Å². The molecule has 0 aliphatic carbocycles. The Labute approximate surface area is 112 Å². The van der Waals surface area contributed by atoms with E-state index in [-0.39, 0.29) is 12.5 Å². The van der Waals surface area contributed by atoms with Crippen LogP contribution >= 0.6 is 0 Å². The van der Waals surface area contributed by atoms with Gasteiger partial charge in [0.05, 0.1) is 24.5 Å². The van der Waals surface area contributed by atoms with E-state index in [1.807, 2.05) is 20.2 Å². The fourth-order valence-electron chi connectivity index (χ4n) is 2.09. The molecule has 0 saturated carbocycles. The lowest BCUT2D eigenvalue weighted by Crippen LogP contribution is -2.29. The van der Waals surface area contributed by atoms with Gasteiger partial charge in [-0.1, -0.05) is 6.92 Å². The number of rotatable bonds is 7. The second-order valence-corrected chi connectivity index (χ2v) is 4.65. The van der Waals surface area contributed by atoms with Crippen LogP contribution in [0.25, 0.3) is 0 Å². The molecule has 0 fully saturated rings. The Morgan fingerprint density at radius 1 is 1.53 bits per heavy atom. The first-order chi connectivity index (χ1) is 8.93. The van der Waals surface area contributed by atoms with Crippen LogP contribution in [-0.4, -0.2) is 33.2 Å². The number of carbonyl (C=O) groups excluding carboxylic acids is 1. The third-order valence-electron chi connectivity index (χ3n) is 3.06. The molecular formula is C13H20N2O4. The van der Waals surface area contributed by atoms with Crippen molar-refractivity contribution < 1.29 is 19.4 Å². The van der Waals surface area contributed by atoms with Gasteiger partial charge in [-0.2, -0.15) is 0 Å². The van der Waals surface area contributed by atoms with Gasteiger partial charge in [0.1, 0.15) is 0 Å². The number of nitrogens with zero attached hydrogens (tertiary/aromatic N) is 2. The number of aromatic nitrogens is 2. The summed E-state index contributed by atoms with van der Waals surface area (Å²) < 4.78 is 6.78. The maximum atomic E-state index is 11.2. The maximum Gasteiger partial charge on any atom is 0.306 e. The van der Waals surface area contributed by atoms with E-state index in [0.29, 0.717) is 12.8 Å². The third kappa shape index (κ3) is 4.73. The zero-order valence-corrected chi connectivity index (χ0v) is 11.5. The van der Waals surface area contributed by atoms with Crippen LogP contribution in [0.1, 0.15) is 26.0 Å². The van der Waals surface area contributed by atoms with Gasteiger partial charge in [0, 0.05) is 26.1 Å². The lowest BCUT2D eigenvalue weighted by atomic mass is 9.87. The van der Waals surface area contributed by atoms with Crippen molar-refractivity contribution in [2.45, 2.75) is 26.7 Å². The second-order valence-electron chi connectivity index (χ2n) is 4.65. The van der Waals surface area contributed by atoms with Gasteiger partial charge in [0.15, 0.2) is 0 Å². The number of carboxylic acids is 1. The van der Waals surface area contributed by atoms with Crippen LogP contribution < -0.4 is 0 Å². The van der Waals surface area contributed by atoms with Crippen LogP contribution in [0.4, 0.5) is 0 Å². The van der Waals surface area contributed by atoms with Gasteiger partial charge < -0.3 is 14.4 Å². The lowest BCUT2D eigenvalue weighted by Gasteiger charge is -2.21. The van der Waals surface area contributed by atoms with E-state index < -0.39 is 17.9 Å². The molecule has 19 heavy (non-hydrogen) atoms. The molecule has 0 radical (unpaired) electrons. The molecule has 0 amide bonds. The van der Waals surface area contributed by atoms with E-state index in [1.54, 1.807) is 10.9 Å². The van der Waals surface area contributed by atoms with Crippen molar-refractivity contribution in [3.63, 3.8) is 0 Å². The number of hydrogen-bond acceptors (Lipinski definition) is 4. The third-order valence-corrected chi connectivity index (χ3v) is 3.06. The van der Waals surface area contributed by atoms with Crippen molar-refractivity contribution >= 4 is 11.9 Å². The molecule has 2 atom stereocenters. The Morgan fingerprint density at radius 3 is 2.63 bits per heavy atom. The maximum absolute atomic E-state index is 11.2. The van der Waals surface area contributed by atoms with Crippen molar-refractivity contribution in [3.05, 3.63) is 18.2 Å². The molecule has 1 aromatic heterocycles. The smallest absolute Gasteiger partial charge is 0.306 e. The van der Waals surface area contributed by atoms with E-state index in [9.17, 15) is 14.7 Å². The Kier molecular flexibility index (Phi) is 5.54. The molecular weight excluding hydrogens is 248 g/mol. The lowest BCUT2D eigenvalue weighted by molar-refractivity contribution is -0.149.